The zero-order chi connectivity index (χ0) is 18.6. The van der Waals surface area contributed by atoms with Crippen LogP contribution < -0.4 is 0 Å². The number of aldehydes is 1. The molecule has 0 aromatic heterocycles. The molecule has 2 aromatic carbocycles. The lowest BCUT2D eigenvalue weighted by molar-refractivity contribution is -0.136. The van der Waals surface area contributed by atoms with Crippen molar-refractivity contribution in [2.24, 2.45) is 5.41 Å². The summed E-state index contributed by atoms with van der Waals surface area (Å²) in [6.07, 6.45) is 7.17. The first-order valence-corrected chi connectivity index (χ1v) is 9.27. The molecule has 0 saturated heterocycles. The van der Waals surface area contributed by atoms with Gasteiger partial charge in [0.15, 0.2) is 6.29 Å². The molecule has 0 saturated carbocycles. The van der Waals surface area contributed by atoms with Gasteiger partial charge < -0.3 is 4.43 Å². The Bertz CT molecular complexity index is 743. The van der Waals surface area contributed by atoms with Crippen LogP contribution in [0.15, 0.2) is 60.7 Å². The first-order valence-electron chi connectivity index (χ1n) is 8.45. The summed E-state index contributed by atoms with van der Waals surface area (Å²) in [5.41, 5.74) is -0.281. The van der Waals surface area contributed by atoms with Gasteiger partial charge in [-0.1, -0.05) is 81.4 Å². The van der Waals surface area contributed by atoms with Crippen LogP contribution in [0.5, 0.6) is 0 Å². The summed E-state index contributed by atoms with van der Waals surface area (Å²) < 4.78 is 6.15. The molecule has 0 N–H and O–H groups in total. The summed E-state index contributed by atoms with van der Waals surface area (Å²) >= 11 is 0. The fraction of sp³-hybridized carbons (Fsp3) is 0.318. The second kappa shape index (κ2) is 7.39. The zero-order valence-corrected chi connectivity index (χ0v) is 17.5. The molecule has 0 heterocycles. The highest BCUT2D eigenvalue weighted by Gasteiger charge is 2.59. The van der Waals surface area contributed by atoms with Gasteiger partial charge in [0, 0.05) is 6.42 Å². The lowest BCUT2D eigenvalue weighted by Gasteiger charge is -2.54. The average Bonchev–Trinajstić information content (AvgIpc) is 2.63. The molecule has 0 aliphatic rings. The minimum atomic E-state index is -1.13. The van der Waals surface area contributed by atoms with Crippen LogP contribution in [0, 0.1) is 17.8 Å². The number of hydrogen-bond acceptors (Lipinski definition) is 2. The number of benzene rings is 2. The Morgan fingerprint density at radius 2 is 1.48 bits per heavy atom. The Balaban J connectivity index is 2.94. The van der Waals surface area contributed by atoms with Crippen LogP contribution in [0.3, 0.4) is 0 Å². The zero-order valence-electron chi connectivity index (χ0n) is 15.5. The van der Waals surface area contributed by atoms with Gasteiger partial charge in [-0.3, -0.25) is 4.79 Å². The van der Waals surface area contributed by atoms with Crippen LogP contribution in [0.4, 0.5) is 0 Å². The van der Waals surface area contributed by atoms with E-state index in [1.54, 1.807) is 0 Å². The molecule has 2 rings (SSSR count). The molecule has 0 aliphatic carbocycles. The minimum absolute atomic E-state index is 0.318. The smallest absolute Gasteiger partial charge is 0.156 e. The second-order valence-corrected chi connectivity index (χ2v) is 7.73. The molecule has 0 amide bonds. The molecule has 0 fully saturated rings. The molecular weight excluding hydrogens is 324 g/mol. The lowest BCUT2D eigenvalue weighted by Crippen LogP contribution is -2.59. The number of rotatable bonds is 6. The van der Waals surface area contributed by atoms with Crippen LogP contribution in [0.2, 0.25) is 0 Å². The molecule has 2 atom stereocenters. The van der Waals surface area contributed by atoms with Crippen LogP contribution in [0.1, 0.15) is 38.3 Å². The van der Waals surface area contributed by atoms with Gasteiger partial charge in [0.05, 0.1) is 5.41 Å². The fourth-order valence-electron chi connectivity index (χ4n) is 4.02. The van der Waals surface area contributed by atoms with Crippen molar-refractivity contribution in [3.8, 4) is 12.3 Å². The molecule has 0 spiro atoms. The standard InChI is InChI=1S/C22H26O2Si/c1-5-16-21(20(2,3)4,18-12-8-6-9-13-18)22(17-23,24-25)19-14-10-7-11-15-19/h1,6-15,17H,16H2,2-4,25H3. The van der Waals surface area contributed by atoms with E-state index in [1.165, 1.54) is 0 Å². The van der Waals surface area contributed by atoms with Crippen molar-refractivity contribution in [3.05, 3.63) is 71.8 Å². The van der Waals surface area contributed by atoms with E-state index < -0.39 is 11.0 Å². The van der Waals surface area contributed by atoms with E-state index in [9.17, 15) is 4.79 Å². The van der Waals surface area contributed by atoms with Crippen molar-refractivity contribution in [1.82, 2.24) is 0 Å². The van der Waals surface area contributed by atoms with E-state index >= 15 is 0 Å². The van der Waals surface area contributed by atoms with Crippen LogP contribution in [-0.4, -0.2) is 16.8 Å². The maximum atomic E-state index is 12.6. The highest BCUT2D eigenvalue weighted by molar-refractivity contribution is 6.00. The van der Waals surface area contributed by atoms with E-state index in [0.717, 1.165) is 17.4 Å². The number of carbonyl (C=O) groups excluding carboxylic acids is 1. The van der Waals surface area contributed by atoms with Crippen molar-refractivity contribution >= 4 is 16.8 Å². The summed E-state index contributed by atoms with van der Waals surface area (Å²) in [5.74, 6) is 2.83. The summed E-state index contributed by atoms with van der Waals surface area (Å²) in [6.45, 7) is 6.37. The summed E-state index contributed by atoms with van der Waals surface area (Å²) in [4.78, 5) is 12.6. The maximum Gasteiger partial charge on any atom is 0.156 e. The van der Waals surface area contributed by atoms with Gasteiger partial charge >= 0.3 is 0 Å². The maximum absolute atomic E-state index is 12.6. The molecule has 0 bridgehead atoms. The molecule has 3 heteroatoms. The van der Waals surface area contributed by atoms with Crippen LogP contribution in [0.25, 0.3) is 0 Å². The Kier molecular flexibility index (Phi) is 5.67. The number of terminal acetylenes is 1. The Labute approximate surface area is 154 Å². The molecule has 0 aliphatic heterocycles. The highest BCUT2D eigenvalue weighted by Crippen LogP contribution is 2.56. The van der Waals surface area contributed by atoms with Gasteiger partial charge in [-0.25, -0.2) is 0 Å². The molecule has 130 valence electrons. The second-order valence-electron chi connectivity index (χ2n) is 7.33. The topological polar surface area (TPSA) is 26.3 Å². The molecule has 25 heavy (non-hydrogen) atoms. The van der Waals surface area contributed by atoms with E-state index in [2.05, 4.69) is 26.7 Å². The summed E-state index contributed by atoms with van der Waals surface area (Å²) in [5, 5.41) is 0. The Morgan fingerprint density at radius 3 is 1.84 bits per heavy atom. The van der Waals surface area contributed by atoms with E-state index in [4.69, 9.17) is 10.8 Å². The van der Waals surface area contributed by atoms with Crippen LogP contribution >= 0.6 is 0 Å². The van der Waals surface area contributed by atoms with E-state index in [1.807, 2.05) is 60.7 Å². The predicted molar refractivity (Wildman–Crippen MR) is 106 cm³/mol. The molecule has 2 aromatic rings. The van der Waals surface area contributed by atoms with Crippen molar-refractivity contribution < 1.29 is 9.22 Å². The van der Waals surface area contributed by atoms with Crippen molar-refractivity contribution in [3.63, 3.8) is 0 Å². The Hall–Kier alpha value is -2.15. The third-order valence-corrected chi connectivity index (χ3v) is 5.88. The monoisotopic (exact) mass is 350 g/mol. The van der Waals surface area contributed by atoms with Crippen molar-refractivity contribution in [2.45, 2.75) is 38.2 Å². The lowest BCUT2D eigenvalue weighted by atomic mass is 9.51. The summed E-state index contributed by atoms with van der Waals surface area (Å²) in [7, 11) is 0.414. The average molecular weight is 351 g/mol. The molecule has 0 radical (unpaired) electrons. The fourth-order valence-corrected chi connectivity index (χ4v) is 4.70. The van der Waals surface area contributed by atoms with Gasteiger partial charge in [0.1, 0.15) is 16.1 Å². The highest BCUT2D eigenvalue weighted by atomic mass is 28.2. The predicted octanol–water partition coefficient (Wildman–Crippen LogP) is 3.39. The van der Waals surface area contributed by atoms with Crippen molar-refractivity contribution in [2.75, 3.05) is 0 Å². The van der Waals surface area contributed by atoms with Gasteiger partial charge in [-0.2, -0.15) is 0 Å². The SMILES string of the molecule is C#CCC(c1ccccc1)(C(C)(C)C)C(C=O)(O[SiH3])c1ccccc1. The Morgan fingerprint density at radius 1 is 1.00 bits per heavy atom. The largest absolute Gasteiger partial charge is 0.412 e. The third-order valence-electron chi connectivity index (χ3n) is 5.24. The van der Waals surface area contributed by atoms with E-state index in [0.29, 0.717) is 16.9 Å². The van der Waals surface area contributed by atoms with Gasteiger partial charge in [0.2, 0.25) is 0 Å². The van der Waals surface area contributed by atoms with Gasteiger partial charge in [-0.05, 0) is 16.5 Å². The number of hydrogen-bond donors (Lipinski definition) is 0. The quantitative estimate of drug-likeness (QED) is 0.453. The third kappa shape index (κ3) is 2.97. The van der Waals surface area contributed by atoms with Gasteiger partial charge in [0.25, 0.3) is 0 Å². The normalized spacial score (nSPS) is 16.4. The van der Waals surface area contributed by atoms with Crippen molar-refractivity contribution in [1.29, 1.82) is 0 Å². The molecule has 2 nitrogen and oxygen atoms in total. The minimum Gasteiger partial charge on any atom is -0.412 e. The van der Waals surface area contributed by atoms with E-state index in [-0.39, 0.29) is 5.41 Å². The first-order chi connectivity index (χ1) is 11.9. The molecule has 2 unspecified atom stereocenters. The number of carbonyl (C=O) groups is 1. The first kappa shape index (κ1) is 19.2. The molecular formula is C22H26O2Si. The van der Waals surface area contributed by atoms with Crippen LogP contribution in [-0.2, 0) is 20.2 Å². The van der Waals surface area contributed by atoms with Gasteiger partial charge in [-0.15, -0.1) is 12.3 Å². The summed E-state index contributed by atoms with van der Waals surface area (Å²) in [6, 6.07) is 19.7.